The highest BCUT2D eigenvalue weighted by Crippen LogP contribution is 2.34. The van der Waals surface area contributed by atoms with Crippen molar-refractivity contribution in [2.24, 2.45) is 0 Å². The summed E-state index contributed by atoms with van der Waals surface area (Å²) in [4.78, 5) is 0. The molecule has 2 aromatic rings. The maximum Gasteiger partial charge on any atom is 0.123 e. The molecule has 0 aliphatic carbocycles. The van der Waals surface area contributed by atoms with Gasteiger partial charge in [0.15, 0.2) is 0 Å². The summed E-state index contributed by atoms with van der Waals surface area (Å²) in [5, 5.41) is 0. The van der Waals surface area contributed by atoms with Crippen molar-refractivity contribution >= 4 is 22.6 Å². The Labute approximate surface area is 140 Å². The van der Waals surface area contributed by atoms with Crippen molar-refractivity contribution in [3.8, 4) is 11.5 Å². The number of halogens is 1. The highest BCUT2D eigenvalue weighted by Gasteiger charge is 2.20. The van der Waals surface area contributed by atoms with E-state index in [4.69, 9.17) is 9.47 Å². The zero-order valence-electron chi connectivity index (χ0n) is 12.9. The lowest BCUT2D eigenvalue weighted by atomic mass is 9.86. The Balaban J connectivity index is 2.21. The van der Waals surface area contributed by atoms with Crippen LogP contribution in [0.4, 0.5) is 0 Å². The van der Waals surface area contributed by atoms with Crippen molar-refractivity contribution in [3.63, 3.8) is 0 Å². The van der Waals surface area contributed by atoms with Gasteiger partial charge in [-0.2, -0.15) is 0 Å². The van der Waals surface area contributed by atoms with Crippen molar-refractivity contribution in [1.29, 1.82) is 0 Å². The van der Waals surface area contributed by atoms with Crippen molar-refractivity contribution in [2.75, 3.05) is 7.11 Å². The molecule has 0 aromatic heterocycles. The van der Waals surface area contributed by atoms with Crippen LogP contribution in [0.1, 0.15) is 31.9 Å². The monoisotopic (exact) mass is 396 g/mol. The molecule has 2 rings (SSSR count). The number of rotatable bonds is 4. The largest absolute Gasteiger partial charge is 0.497 e. The van der Waals surface area contributed by atoms with Gasteiger partial charge < -0.3 is 9.47 Å². The molecule has 0 atom stereocenters. The molecule has 0 spiro atoms. The van der Waals surface area contributed by atoms with Crippen LogP contribution in [-0.2, 0) is 12.0 Å². The molecule has 0 aliphatic heterocycles. The Bertz CT molecular complexity index is 598. The van der Waals surface area contributed by atoms with Gasteiger partial charge in [0.25, 0.3) is 0 Å². The molecule has 0 saturated carbocycles. The molecule has 0 saturated heterocycles. The van der Waals surface area contributed by atoms with Crippen LogP contribution in [-0.4, -0.2) is 7.11 Å². The average molecular weight is 396 g/mol. The first-order chi connectivity index (χ1) is 9.90. The highest BCUT2D eigenvalue weighted by atomic mass is 127. The predicted molar refractivity (Wildman–Crippen MR) is 95.2 cm³/mol. The summed E-state index contributed by atoms with van der Waals surface area (Å²) in [6.07, 6.45) is 0. The lowest BCUT2D eigenvalue weighted by Crippen LogP contribution is -2.13. The van der Waals surface area contributed by atoms with E-state index in [0.717, 1.165) is 17.1 Å². The molecular formula is C18H21IO2. The van der Waals surface area contributed by atoms with E-state index in [2.05, 4.69) is 73.7 Å². The van der Waals surface area contributed by atoms with Gasteiger partial charge in [-0.05, 0) is 63.9 Å². The van der Waals surface area contributed by atoms with E-state index < -0.39 is 0 Å². The van der Waals surface area contributed by atoms with Crippen molar-refractivity contribution in [2.45, 2.75) is 32.8 Å². The second-order valence-electron chi connectivity index (χ2n) is 6.03. The van der Waals surface area contributed by atoms with Gasteiger partial charge in [-0.15, -0.1) is 0 Å². The summed E-state index contributed by atoms with van der Waals surface area (Å²) < 4.78 is 12.6. The molecule has 2 nitrogen and oxygen atoms in total. The predicted octanol–water partition coefficient (Wildman–Crippen LogP) is 5.18. The third kappa shape index (κ3) is 4.37. The number of ether oxygens (including phenoxy) is 2. The Morgan fingerprint density at radius 3 is 2.24 bits per heavy atom. The van der Waals surface area contributed by atoms with Gasteiger partial charge in [0.1, 0.15) is 18.1 Å². The van der Waals surface area contributed by atoms with E-state index in [1.807, 2.05) is 12.1 Å². The van der Waals surface area contributed by atoms with Crippen LogP contribution in [0.25, 0.3) is 0 Å². The van der Waals surface area contributed by atoms with Gasteiger partial charge in [0, 0.05) is 9.13 Å². The van der Waals surface area contributed by atoms with Gasteiger partial charge in [0.2, 0.25) is 0 Å². The molecular weight excluding hydrogens is 375 g/mol. The van der Waals surface area contributed by atoms with Crippen LogP contribution >= 0.6 is 22.6 Å². The SMILES string of the molecule is COc1ccc(OCc2ccc(I)cc2)c(C(C)(C)C)c1. The Hall–Kier alpha value is -1.23. The second kappa shape index (κ2) is 6.69. The molecule has 0 N–H and O–H groups in total. The fraction of sp³-hybridized carbons (Fsp3) is 0.333. The standard InChI is InChI=1S/C18H21IO2/c1-18(2,3)16-11-15(20-4)9-10-17(16)21-12-13-5-7-14(19)8-6-13/h5-11H,12H2,1-4H3. The fourth-order valence-electron chi connectivity index (χ4n) is 2.09. The van der Waals surface area contributed by atoms with E-state index in [1.165, 1.54) is 9.13 Å². The quantitative estimate of drug-likeness (QED) is 0.664. The van der Waals surface area contributed by atoms with E-state index in [0.29, 0.717) is 6.61 Å². The van der Waals surface area contributed by atoms with Crippen LogP contribution in [0.3, 0.4) is 0 Å². The molecule has 0 heterocycles. The van der Waals surface area contributed by atoms with Crippen molar-refractivity contribution in [1.82, 2.24) is 0 Å². The molecule has 21 heavy (non-hydrogen) atoms. The normalized spacial score (nSPS) is 11.3. The van der Waals surface area contributed by atoms with E-state index in [-0.39, 0.29) is 5.41 Å². The van der Waals surface area contributed by atoms with E-state index >= 15 is 0 Å². The molecule has 112 valence electrons. The Kier molecular flexibility index (Phi) is 5.14. The number of hydrogen-bond acceptors (Lipinski definition) is 2. The number of methoxy groups -OCH3 is 1. The summed E-state index contributed by atoms with van der Waals surface area (Å²) in [5.74, 6) is 1.78. The molecule has 0 unspecified atom stereocenters. The summed E-state index contributed by atoms with van der Waals surface area (Å²) in [5.41, 5.74) is 2.34. The molecule has 3 heteroatoms. The molecule has 0 radical (unpaired) electrons. The van der Waals surface area contributed by atoms with E-state index in [1.54, 1.807) is 7.11 Å². The lowest BCUT2D eigenvalue weighted by molar-refractivity contribution is 0.296. The Morgan fingerprint density at radius 1 is 1.00 bits per heavy atom. The first-order valence-electron chi connectivity index (χ1n) is 6.96. The number of hydrogen-bond donors (Lipinski definition) is 0. The third-order valence-electron chi connectivity index (χ3n) is 3.30. The molecule has 0 bridgehead atoms. The van der Waals surface area contributed by atoms with Gasteiger partial charge >= 0.3 is 0 Å². The van der Waals surface area contributed by atoms with Gasteiger partial charge in [-0.25, -0.2) is 0 Å². The highest BCUT2D eigenvalue weighted by molar-refractivity contribution is 14.1. The summed E-state index contributed by atoms with van der Waals surface area (Å²) >= 11 is 2.31. The first kappa shape index (κ1) is 16.1. The molecule has 0 fully saturated rings. The lowest BCUT2D eigenvalue weighted by Gasteiger charge is -2.23. The zero-order valence-corrected chi connectivity index (χ0v) is 15.1. The number of benzene rings is 2. The van der Waals surface area contributed by atoms with E-state index in [9.17, 15) is 0 Å². The maximum atomic E-state index is 6.03. The minimum atomic E-state index is 0.00986. The van der Waals surface area contributed by atoms with Crippen LogP contribution < -0.4 is 9.47 Å². The zero-order chi connectivity index (χ0) is 15.5. The average Bonchev–Trinajstić information content (AvgIpc) is 2.45. The van der Waals surface area contributed by atoms with Gasteiger partial charge in [-0.1, -0.05) is 32.9 Å². The maximum absolute atomic E-state index is 6.03. The van der Waals surface area contributed by atoms with Gasteiger partial charge in [0.05, 0.1) is 7.11 Å². The Morgan fingerprint density at radius 2 is 1.67 bits per heavy atom. The minimum absolute atomic E-state index is 0.00986. The van der Waals surface area contributed by atoms with Crippen LogP contribution in [0.5, 0.6) is 11.5 Å². The topological polar surface area (TPSA) is 18.5 Å². The molecule has 0 aliphatic rings. The summed E-state index contributed by atoms with van der Waals surface area (Å²) in [6.45, 7) is 7.12. The third-order valence-corrected chi connectivity index (χ3v) is 4.02. The van der Waals surface area contributed by atoms with Gasteiger partial charge in [-0.3, -0.25) is 0 Å². The first-order valence-corrected chi connectivity index (χ1v) is 8.04. The fourth-order valence-corrected chi connectivity index (χ4v) is 2.45. The summed E-state index contributed by atoms with van der Waals surface area (Å²) in [6, 6.07) is 14.4. The van der Waals surface area contributed by atoms with Crippen molar-refractivity contribution in [3.05, 3.63) is 57.2 Å². The van der Waals surface area contributed by atoms with Crippen molar-refractivity contribution < 1.29 is 9.47 Å². The second-order valence-corrected chi connectivity index (χ2v) is 7.27. The van der Waals surface area contributed by atoms with Crippen LogP contribution in [0, 0.1) is 3.57 Å². The minimum Gasteiger partial charge on any atom is -0.497 e. The molecule has 0 amide bonds. The van der Waals surface area contributed by atoms with Crippen LogP contribution in [0.2, 0.25) is 0 Å². The molecule has 2 aromatic carbocycles. The summed E-state index contributed by atoms with van der Waals surface area (Å²) in [7, 11) is 1.69. The smallest absolute Gasteiger partial charge is 0.123 e. The van der Waals surface area contributed by atoms with Crippen LogP contribution in [0.15, 0.2) is 42.5 Å².